The number of aromatic nitrogens is 1. The van der Waals surface area contributed by atoms with Crippen molar-refractivity contribution in [2.24, 2.45) is 5.92 Å². The predicted octanol–water partition coefficient (Wildman–Crippen LogP) is 3.07. The molecule has 0 spiro atoms. The Labute approximate surface area is 111 Å². The van der Waals surface area contributed by atoms with Gasteiger partial charge in [-0.1, -0.05) is 13.8 Å². The molecule has 1 aromatic rings. The smallest absolute Gasteiger partial charge is 0.347 e. The fraction of sp³-hybridized carbons (Fsp3) is 0.692. The first kappa shape index (κ1) is 13.5. The van der Waals surface area contributed by atoms with Gasteiger partial charge in [0.2, 0.25) is 0 Å². The van der Waals surface area contributed by atoms with E-state index in [1.807, 2.05) is 0 Å². The van der Waals surface area contributed by atoms with Crippen LogP contribution in [0.2, 0.25) is 0 Å². The van der Waals surface area contributed by atoms with Gasteiger partial charge in [0.05, 0.1) is 5.69 Å². The highest BCUT2D eigenvalue weighted by molar-refractivity contribution is 7.13. The van der Waals surface area contributed by atoms with Crippen LogP contribution in [-0.4, -0.2) is 23.2 Å². The van der Waals surface area contributed by atoms with Gasteiger partial charge in [-0.25, -0.2) is 9.78 Å². The van der Waals surface area contributed by atoms with Crippen molar-refractivity contribution < 1.29 is 14.6 Å². The van der Waals surface area contributed by atoms with Crippen molar-refractivity contribution in [3.8, 4) is 0 Å². The van der Waals surface area contributed by atoms with Crippen LogP contribution in [0.25, 0.3) is 0 Å². The second-order valence-electron chi connectivity index (χ2n) is 5.25. The minimum Gasteiger partial charge on any atom is -0.477 e. The van der Waals surface area contributed by atoms with Crippen LogP contribution in [0.5, 0.6) is 0 Å². The lowest BCUT2D eigenvalue weighted by molar-refractivity contribution is -0.0780. The number of rotatable bonds is 5. The van der Waals surface area contributed by atoms with Crippen LogP contribution in [0.4, 0.5) is 0 Å². The van der Waals surface area contributed by atoms with Crippen LogP contribution < -0.4 is 0 Å². The highest BCUT2D eigenvalue weighted by atomic mass is 32.1. The number of carboxylic acids is 1. The molecule has 1 aliphatic carbocycles. The zero-order chi connectivity index (χ0) is 13.3. The van der Waals surface area contributed by atoms with Crippen LogP contribution >= 0.6 is 11.3 Å². The molecule has 1 fully saturated rings. The summed E-state index contributed by atoms with van der Waals surface area (Å²) in [7, 11) is 1.68. The summed E-state index contributed by atoms with van der Waals surface area (Å²) < 4.78 is 5.57. The molecule has 100 valence electrons. The molecule has 0 unspecified atom stereocenters. The molecule has 0 bridgehead atoms. The summed E-state index contributed by atoms with van der Waals surface area (Å²) in [6, 6.07) is 0. The second kappa shape index (κ2) is 4.97. The number of hydrogen-bond donors (Lipinski definition) is 1. The summed E-state index contributed by atoms with van der Waals surface area (Å²) >= 11 is 1.28. The van der Waals surface area contributed by atoms with Gasteiger partial charge in [0.15, 0.2) is 0 Å². The molecular formula is C13H19NO3S. The Morgan fingerprint density at radius 3 is 2.61 bits per heavy atom. The molecule has 18 heavy (non-hydrogen) atoms. The van der Waals surface area contributed by atoms with Crippen molar-refractivity contribution in [2.45, 2.75) is 45.1 Å². The Kier molecular flexibility index (Phi) is 3.73. The Morgan fingerprint density at radius 1 is 1.56 bits per heavy atom. The highest BCUT2D eigenvalue weighted by Gasteiger charge is 2.42. The molecule has 1 aromatic heterocycles. The molecule has 2 rings (SSSR count). The van der Waals surface area contributed by atoms with E-state index >= 15 is 0 Å². The summed E-state index contributed by atoms with van der Waals surface area (Å²) in [6.45, 7) is 4.14. The lowest BCUT2D eigenvalue weighted by Gasteiger charge is -2.38. The minimum atomic E-state index is -0.875. The molecule has 1 aliphatic rings. The predicted molar refractivity (Wildman–Crippen MR) is 70.2 cm³/mol. The summed E-state index contributed by atoms with van der Waals surface area (Å²) in [6.07, 6.45) is 3.71. The number of carbonyl (C=O) groups is 1. The summed E-state index contributed by atoms with van der Waals surface area (Å²) in [5.41, 5.74) is 0.394. The van der Waals surface area contributed by atoms with Crippen LogP contribution in [0.3, 0.4) is 0 Å². The Bertz CT molecular complexity index is 444. The molecule has 1 heterocycles. The quantitative estimate of drug-likeness (QED) is 0.892. The molecule has 0 saturated heterocycles. The summed E-state index contributed by atoms with van der Waals surface area (Å²) in [5.74, 6) is -0.474. The molecular weight excluding hydrogens is 250 g/mol. The first-order valence-electron chi connectivity index (χ1n) is 6.27. The first-order chi connectivity index (χ1) is 8.48. The Morgan fingerprint density at radius 2 is 2.22 bits per heavy atom. The van der Waals surface area contributed by atoms with Crippen molar-refractivity contribution >= 4 is 17.3 Å². The molecule has 1 saturated carbocycles. The Hall–Kier alpha value is -0.940. The van der Waals surface area contributed by atoms with E-state index < -0.39 is 5.97 Å². The van der Waals surface area contributed by atoms with E-state index in [0.29, 0.717) is 22.9 Å². The third kappa shape index (κ3) is 2.29. The van der Waals surface area contributed by atoms with Crippen molar-refractivity contribution in [3.63, 3.8) is 0 Å². The number of aromatic carboxylic acids is 1. The Balaban J connectivity index is 2.35. The van der Waals surface area contributed by atoms with Gasteiger partial charge >= 0.3 is 5.97 Å². The number of methoxy groups -OCH3 is 1. The van der Waals surface area contributed by atoms with E-state index in [4.69, 9.17) is 4.74 Å². The SMILES string of the molecule is COC1(c2nc(CC(C)C)c(C(=O)O)s2)CCC1. The van der Waals surface area contributed by atoms with Crippen LogP contribution in [0.1, 0.15) is 53.5 Å². The highest BCUT2D eigenvalue weighted by Crippen LogP contribution is 2.46. The molecule has 1 N–H and O–H groups in total. The van der Waals surface area contributed by atoms with E-state index in [9.17, 15) is 9.90 Å². The van der Waals surface area contributed by atoms with Crippen LogP contribution in [0.15, 0.2) is 0 Å². The zero-order valence-electron chi connectivity index (χ0n) is 11.0. The summed E-state index contributed by atoms with van der Waals surface area (Å²) in [5, 5.41) is 10.1. The maximum absolute atomic E-state index is 11.3. The van der Waals surface area contributed by atoms with E-state index in [1.54, 1.807) is 7.11 Å². The second-order valence-corrected chi connectivity index (χ2v) is 6.25. The van der Waals surface area contributed by atoms with Crippen molar-refractivity contribution in [3.05, 3.63) is 15.6 Å². The summed E-state index contributed by atoms with van der Waals surface area (Å²) in [4.78, 5) is 16.2. The molecule has 5 heteroatoms. The number of ether oxygens (including phenoxy) is 1. The molecule has 0 aliphatic heterocycles. The van der Waals surface area contributed by atoms with Gasteiger partial charge in [-0.05, 0) is 31.6 Å². The number of nitrogens with zero attached hydrogens (tertiary/aromatic N) is 1. The average Bonchev–Trinajstić information content (AvgIpc) is 2.60. The lowest BCUT2D eigenvalue weighted by atomic mass is 9.80. The third-order valence-corrected chi connectivity index (χ3v) is 4.71. The van der Waals surface area contributed by atoms with Crippen molar-refractivity contribution in [1.29, 1.82) is 0 Å². The topological polar surface area (TPSA) is 59.4 Å². The minimum absolute atomic E-state index is 0.315. The van der Waals surface area contributed by atoms with Gasteiger partial charge in [-0.3, -0.25) is 0 Å². The van der Waals surface area contributed by atoms with E-state index in [2.05, 4.69) is 18.8 Å². The van der Waals surface area contributed by atoms with Crippen molar-refractivity contribution in [1.82, 2.24) is 4.98 Å². The number of carboxylic acid groups (broad SMARTS) is 1. The maximum atomic E-state index is 11.3. The fourth-order valence-corrected chi connectivity index (χ4v) is 3.40. The van der Waals surface area contributed by atoms with E-state index in [1.165, 1.54) is 11.3 Å². The molecule has 0 atom stereocenters. The standard InChI is InChI=1S/C13H19NO3S/c1-8(2)7-9-10(11(15)16)18-12(14-9)13(17-3)5-4-6-13/h8H,4-7H2,1-3H3,(H,15,16). The fourth-order valence-electron chi connectivity index (χ4n) is 2.24. The molecule has 4 nitrogen and oxygen atoms in total. The number of hydrogen-bond acceptors (Lipinski definition) is 4. The normalized spacial score (nSPS) is 17.8. The molecule has 0 amide bonds. The van der Waals surface area contributed by atoms with E-state index in [0.717, 1.165) is 24.3 Å². The maximum Gasteiger partial charge on any atom is 0.347 e. The third-order valence-electron chi connectivity index (χ3n) is 3.43. The van der Waals surface area contributed by atoms with E-state index in [-0.39, 0.29) is 5.60 Å². The largest absolute Gasteiger partial charge is 0.477 e. The monoisotopic (exact) mass is 269 g/mol. The van der Waals surface area contributed by atoms with Gasteiger partial charge in [0.25, 0.3) is 0 Å². The van der Waals surface area contributed by atoms with Gasteiger partial charge in [-0.15, -0.1) is 11.3 Å². The molecule has 0 aromatic carbocycles. The first-order valence-corrected chi connectivity index (χ1v) is 7.09. The molecule has 0 radical (unpaired) electrons. The number of thiazole rings is 1. The lowest BCUT2D eigenvalue weighted by Crippen LogP contribution is -2.35. The van der Waals surface area contributed by atoms with Gasteiger partial charge < -0.3 is 9.84 Å². The van der Waals surface area contributed by atoms with Crippen LogP contribution in [0, 0.1) is 5.92 Å². The average molecular weight is 269 g/mol. The van der Waals surface area contributed by atoms with Gasteiger partial charge in [0, 0.05) is 7.11 Å². The van der Waals surface area contributed by atoms with Gasteiger partial charge in [0.1, 0.15) is 15.5 Å². The van der Waals surface area contributed by atoms with Crippen LogP contribution in [-0.2, 0) is 16.8 Å². The zero-order valence-corrected chi connectivity index (χ0v) is 11.8. The van der Waals surface area contributed by atoms with Gasteiger partial charge in [-0.2, -0.15) is 0 Å². The van der Waals surface area contributed by atoms with Crippen molar-refractivity contribution in [2.75, 3.05) is 7.11 Å².